The number of para-hydroxylation sites is 1. The van der Waals surface area contributed by atoms with E-state index >= 15 is 4.39 Å². The fourth-order valence-electron chi connectivity index (χ4n) is 3.58. The molecule has 0 bridgehead atoms. The summed E-state index contributed by atoms with van der Waals surface area (Å²) >= 11 is 6.14. The monoisotopic (exact) mass is 473 g/mol. The predicted molar refractivity (Wildman–Crippen MR) is 120 cm³/mol. The first-order valence-corrected chi connectivity index (χ1v) is 10.2. The van der Waals surface area contributed by atoms with E-state index in [4.69, 9.17) is 11.6 Å². The van der Waals surface area contributed by atoms with E-state index in [2.05, 4.69) is 16.7 Å². The smallest absolute Gasteiger partial charge is 0.352 e. The average Bonchev–Trinajstić information content (AvgIpc) is 3.10. The molecule has 0 saturated heterocycles. The molecule has 0 saturated carbocycles. The van der Waals surface area contributed by atoms with Crippen LogP contribution in [0.4, 0.5) is 8.78 Å². The van der Waals surface area contributed by atoms with Gasteiger partial charge in [0.25, 0.3) is 5.56 Å². The molecule has 4 aromatic rings. The minimum Gasteiger partial charge on any atom is -0.388 e. The van der Waals surface area contributed by atoms with Crippen molar-refractivity contribution in [3.8, 4) is 11.5 Å². The van der Waals surface area contributed by atoms with E-state index in [-0.39, 0.29) is 34.0 Å². The molecule has 3 heterocycles. The molecule has 0 aliphatic carbocycles. The van der Waals surface area contributed by atoms with Crippen LogP contribution in [0.3, 0.4) is 0 Å². The molecular formula is C22H18ClF2N5O3. The number of halogens is 3. The van der Waals surface area contributed by atoms with E-state index < -0.39 is 35.3 Å². The Morgan fingerprint density at radius 1 is 1.24 bits per heavy atom. The highest BCUT2D eigenvalue weighted by Gasteiger charge is 2.22. The van der Waals surface area contributed by atoms with Crippen molar-refractivity contribution in [2.45, 2.75) is 27.0 Å². The molecule has 33 heavy (non-hydrogen) atoms. The number of fused-ring (bicyclic) bond motifs is 1. The van der Waals surface area contributed by atoms with E-state index in [9.17, 15) is 19.1 Å². The highest BCUT2D eigenvalue weighted by molar-refractivity contribution is 6.32. The van der Waals surface area contributed by atoms with Crippen LogP contribution >= 0.6 is 11.6 Å². The molecule has 0 spiro atoms. The molecule has 1 aromatic carbocycles. The third-order valence-electron chi connectivity index (χ3n) is 5.16. The van der Waals surface area contributed by atoms with Gasteiger partial charge in [0.2, 0.25) is 0 Å². The normalized spacial score (nSPS) is 11.3. The number of aliphatic hydroxyl groups excluding tert-OH is 1. The van der Waals surface area contributed by atoms with Crippen molar-refractivity contribution in [1.29, 1.82) is 0 Å². The molecule has 0 atom stereocenters. The molecule has 170 valence electrons. The maximum absolute atomic E-state index is 15.1. The Morgan fingerprint density at radius 3 is 2.55 bits per heavy atom. The fraction of sp³-hybridized carbons (Fsp3) is 0.182. The molecule has 0 aliphatic heterocycles. The lowest BCUT2D eigenvalue weighted by Crippen LogP contribution is -2.26. The van der Waals surface area contributed by atoms with Crippen LogP contribution in [0.1, 0.15) is 25.2 Å². The predicted octanol–water partition coefficient (Wildman–Crippen LogP) is 3.21. The van der Waals surface area contributed by atoms with Gasteiger partial charge in [0, 0.05) is 18.3 Å². The van der Waals surface area contributed by atoms with Gasteiger partial charge in [0.1, 0.15) is 18.1 Å². The second-order valence-corrected chi connectivity index (χ2v) is 7.68. The maximum Gasteiger partial charge on any atom is 0.352 e. The topological polar surface area (TPSA) is 94.9 Å². The molecule has 0 aliphatic rings. The Balaban J connectivity index is 2.09. The van der Waals surface area contributed by atoms with Crippen molar-refractivity contribution >= 4 is 28.1 Å². The van der Waals surface area contributed by atoms with Crippen molar-refractivity contribution in [1.82, 2.24) is 23.9 Å². The SMILES string of the molecule is C=C(C)c1cn(-c2c(F)cccc2Cl)c(=O)c2cc(F)c(-n3nc(CO)n(CC)c3=O)nc12. The summed E-state index contributed by atoms with van der Waals surface area (Å²) in [5, 5.41) is 13.3. The molecule has 0 amide bonds. The third kappa shape index (κ3) is 3.57. The number of benzene rings is 1. The van der Waals surface area contributed by atoms with Crippen molar-refractivity contribution in [2.24, 2.45) is 0 Å². The van der Waals surface area contributed by atoms with Gasteiger partial charge < -0.3 is 5.11 Å². The van der Waals surface area contributed by atoms with Crippen LogP contribution < -0.4 is 11.2 Å². The highest BCUT2D eigenvalue weighted by Crippen LogP contribution is 2.27. The fourth-order valence-corrected chi connectivity index (χ4v) is 3.84. The number of allylic oxidation sites excluding steroid dienone is 1. The summed E-state index contributed by atoms with van der Waals surface area (Å²) in [6.07, 6.45) is 1.32. The zero-order valence-electron chi connectivity index (χ0n) is 17.6. The van der Waals surface area contributed by atoms with Gasteiger partial charge in [-0.3, -0.25) is 13.9 Å². The lowest BCUT2D eigenvalue weighted by molar-refractivity contribution is 0.264. The molecule has 0 radical (unpaired) electrons. The zero-order chi connectivity index (χ0) is 24.0. The Labute approximate surface area is 190 Å². The summed E-state index contributed by atoms with van der Waals surface area (Å²) in [6.45, 7) is 6.86. The number of hydrogen-bond donors (Lipinski definition) is 1. The average molecular weight is 474 g/mol. The molecule has 3 aromatic heterocycles. The molecule has 0 fully saturated rings. The number of nitrogens with zero attached hydrogens (tertiary/aromatic N) is 5. The second-order valence-electron chi connectivity index (χ2n) is 7.27. The van der Waals surface area contributed by atoms with Gasteiger partial charge in [-0.1, -0.05) is 24.2 Å². The quantitative estimate of drug-likeness (QED) is 0.480. The largest absolute Gasteiger partial charge is 0.388 e. The van der Waals surface area contributed by atoms with Gasteiger partial charge in [0.05, 0.1) is 15.9 Å². The van der Waals surface area contributed by atoms with Gasteiger partial charge >= 0.3 is 5.69 Å². The summed E-state index contributed by atoms with van der Waals surface area (Å²) in [6, 6.07) is 4.88. The lowest BCUT2D eigenvalue weighted by Gasteiger charge is -2.14. The van der Waals surface area contributed by atoms with Crippen molar-refractivity contribution in [2.75, 3.05) is 0 Å². The summed E-state index contributed by atoms with van der Waals surface area (Å²) in [5.74, 6) is -2.15. The molecular weight excluding hydrogens is 456 g/mol. The van der Waals surface area contributed by atoms with Crippen LogP contribution in [-0.2, 0) is 13.2 Å². The van der Waals surface area contributed by atoms with Crippen LogP contribution in [0.25, 0.3) is 28.0 Å². The zero-order valence-corrected chi connectivity index (χ0v) is 18.4. The first-order valence-electron chi connectivity index (χ1n) is 9.85. The number of rotatable bonds is 5. The van der Waals surface area contributed by atoms with E-state index in [0.717, 1.165) is 21.4 Å². The Hall–Kier alpha value is -3.63. The number of hydrogen-bond acceptors (Lipinski definition) is 5. The number of aliphatic hydroxyl groups is 1. The summed E-state index contributed by atoms with van der Waals surface area (Å²) in [4.78, 5) is 30.1. The summed E-state index contributed by atoms with van der Waals surface area (Å²) in [5.41, 5.74) is -0.831. The van der Waals surface area contributed by atoms with E-state index in [1.54, 1.807) is 13.8 Å². The Kier molecular flexibility index (Phi) is 5.73. The van der Waals surface area contributed by atoms with Gasteiger partial charge in [-0.15, -0.1) is 5.10 Å². The molecule has 8 nitrogen and oxygen atoms in total. The summed E-state index contributed by atoms with van der Waals surface area (Å²) in [7, 11) is 0. The molecule has 1 N–H and O–H groups in total. The molecule has 4 rings (SSSR count). The maximum atomic E-state index is 15.1. The summed E-state index contributed by atoms with van der Waals surface area (Å²) < 4.78 is 32.6. The minimum absolute atomic E-state index is 0.0117. The third-order valence-corrected chi connectivity index (χ3v) is 5.46. The second kappa shape index (κ2) is 8.38. The highest BCUT2D eigenvalue weighted by atomic mass is 35.5. The molecule has 11 heteroatoms. The van der Waals surface area contributed by atoms with Crippen LogP contribution in [-0.4, -0.2) is 29.0 Å². The van der Waals surface area contributed by atoms with E-state index in [1.165, 1.54) is 22.9 Å². The van der Waals surface area contributed by atoms with Crippen molar-refractivity contribution in [3.05, 3.63) is 85.9 Å². The van der Waals surface area contributed by atoms with Gasteiger partial charge in [-0.25, -0.2) is 18.6 Å². The van der Waals surface area contributed by atoms with Crippen LogP contribution in [0.2, 0.25) is 5.02 Å². The Morgan fingerprint density at radius 2 is 1.97 bits per heavy atom. The van der Waals surface area contributed by atoms with Crippen molar-refractivity contribution < 1.29 is 13.9 Å². The van der Waals surface area contributed by atoms with E-state index in [1.807, 2.05) is 0 Å². The van der Waals surface area contributed by atoms with Crippen LogP contribution in [0, 0.1) is 11.6 Å². The first-order chi connectivity index (χ1) is 15.7. The Bertz CT molecular complexity index is 1530. The van der Waals surface area contributed by atoms with Crippen LogP contribution in [0.15, 0.2) is 46.6 Å². The number of aromatic nitrogens is 5. The number of pyridine rings is 2. The van der Waals surface area contributed by atoms with Gasteiger partial charge in [-0.05, 0) is 37.6 Å². The van der Waals surface area contributed by atoms with E-state index in [0.29, 0.717) is 11.1 Å². The van der Waals surface area contributed by atoms with Crippen LogP contribution in [0.5, 0.6) is 0 Å². The lowest BCUT2D eigenvalue weighted by atomic mass is 10.1. The van der Waals surface area contributed by atoms with Gasteiger partial charge in [0.15, 0.2) is 17.5 Å². The van der Waals surface area contributed by atoms with Gasteiger partial charge in [-0.2, -0.15) is 4.68 Å². The molecule has 0 unspecified atom stereocenters. The standard InChI is InChI=1S/C22H18ClF2N5O3/c1-4-28-17(10-31)27-30(22(28)33)20-16(25)8-12-18(26-20)13(11(2)3)9-29(21(12)32)19-14(23)6-5-7-15(19)24/h5-9,31H,2,4,10H2,1,3H3. The van der Waals surface area contributed by atoms with Crippen molar-refractivity contribution in [3.63, 3.8) is 0 Å². The first kappa shape index (κ1) is 22.6. The minimum atomic E-state index is -1.00.